The lowest BCUT2D eigenvalue weighted by molar-refractivity contribution is -0.193. The van der Waals surface area contributed by atoms with Crippen molar-refractivity contribution in [2.75, 3.05) is 31.1 Å². The van der Waals surface area contributed by atoms with E-state index in [2.05, 4.69) is 49.8 Å². The fraction of sp³-hybridized carbons (Fsp3) is 0.155. The molecule has 0 saturated heterocycles. The molecule has 5 aliphatic rings. The van der Waals surface area contributed by atoms with E-state index >= 15 is 0 Å². The lowest BCUT2D eigenvalue weighted by atomic mass is 10.1. The van der Waals surface area contributed by atoms with Crippen LogP contribution in [0.25, 0.3) is 56.9 Å². The van der Waals surface area contributed by atoms with Crippen LogP contribution in [0.15, 0.2) is 243 Å². The van der Waals surface area contributed by atoms with E-state index in [1.165, 1.54) is 14.7 Å². The Morgan fingerprint density at radius 2 is 0.449 bits per heavy atom. The molecule has 0 unspecified atom stereocenters. The summed E-state index contributed by atoms with van der Waals surface area (Å²) in [4.78, 5) is 225. The summed E-state index contributed by atoms with van der Waals surface area (Å²) < 4.78 is 5.61. The van der Waals surface area contributed by atoms with Crippen LogP contribution < -0.4 is 57.9 Å². The predicted octanol–water partition coefficient (Wildman–Crippen LogP) is 14.1. The maximum Gasteiger partial charge on any atom is 0.373 e. The quantitative estimate of drug-likeness (QED) is 0.0532. The minimum Gasteiger partial charge on any atom is -0.494 e. The van der Waals surface area contributed by atoms with Crippen molar-refractivity contribution >= 4 is 135 Å². The highest BCUT2D eigenvalue weighted by atomic mass is 16.5. The van der Waals surface area contributed by atoms with Gasteiger partial charge in [0.15, 0.2) is 29.1 Å². The van der Waals surface area contributed by atoms with Gasteiger partial charge in [0.2, 0.25) is 29.5 Å². The summed E-state index contributed by atoms with van der Waals surface area (Å²) in [6, 6.07) is 75.8. The van der Waals surface area contributed by atoms with Gasteiger partial charge < -0.3 is 33.4 Å². The van der Waals surface area contributed by atoms with Gasteiger partial charge in [0.05, 0.1) is 67.1 Å². The number of hydrogen-bond donors (Lipinski definition) is 5. The van der Waals surface area contributed by atoms with Gasteiger partial charge in [-0.1, -0.05) is 216 Å². The lowest BCUT2D eigenvalue weighted by Gasteiger charge is -2.19. The normalized spacial score (nSPS) is 12.3. The number of nitrogens with two attached hydrogens (primary N) is 5. The van der Waals surface area contributed by atoms with Crippen molar-refractivity contribution in [1.29, 1.82) is 0 Å². The molecule has 10 amide bonds. The van der Waals surface area contributed by atoms with Crippen molar-refractivity contribution in [3.8, 4) is 62.7 Å². The number of fused-ring (bicyclic) bond motifs is 5. The van der Waals surface area contributed by atoms with E-state index in [-0.39, 0.29) is 109 Å². The summed E-state index contributed by atoms with van der Waals surface area (Å²) in [5.74, 6) is 0.488. The highest BCUT2D eigenvalue weighted by molar-refractivity contribution is 6.14. The number of hydrogen-bond acceptors (Lipinski definition) is 27. The van der Waals surface area contributed by atoms with Gasteiger partial charge in [-0.25, -0.2) is 49.8 Å². The van der Waals surface area contributed by atoms with Gasteiger partial charge in [-0.2, -0.15) is 28.8 Å². The van der Waals surface area contributed by atoms with Crippen LogP contribution >= 0.6 is 0 Å². The van der Waals surface area contributed by atoms with Crippen molar-refractivity contribution in [1.82, 2.24) is 49.8 Å². The number of ether oxygens (including phenoxy) is 1. The fourth-order valence-corrected chi connectivity index (χ4v) is 16.2. The number of carbonyl (C=O) groups is 10. The third kappa shape index (κ3) is 23.8. The zero-order chi connectivity index (χ0) is 106. The Balaban J connectivity index is 0.000000150. The van der Waals surface area contributed by atoms with Gasteiger partial charge >= 0.3 is 18.5 Å². The zero-order valence-electron chi connectivity index (χ0n) is 81.1. The highest BCUT2D eigenvalue weighted by Gasteiger charge is 2.42. The molecule has 0 fully saturated rings. The smallest absolute Gasteiger partial charge is 0.373 e. The van der Waals surface area contributed by atoms with Crippen LogP contribution in [0.5, 0.6) is 5.75 Å². The van der Waals surface area contributed by atoms with Crippen LogP contribution in [0, 0.1) is 62.3 Å². The predicted molar refractivity (Wildman–Crippen MR) is 540 cm³/mol. The number of benzene rings is 10. The monoisotopic (exact) mass is 1970 g/mol. The zero-order valence-corrected chi connectivity index (χ0v) is 81.1. The minimum absolute atomic E-state index is 0.0333. The minimum atomic E-state index is -0.684. The Morgan fingerprint density at radius 3 is 0.646 bits per heavy atom. The second-order valence-electron chi connectivity index (χ2n) is 34.0. The third-order valence-corrected chi connectivity index (χ3v) is 23.5. The van der Waals surface area contributed by atoms with Crippen LogP contribution in [0.4, 0.5) is 57.5 Å². The first-order valence-electron chi connectivity index (χ1n) is 45.5. The largest absolute Gasteiger partial charge is 0.494 e. The molecule has 0 radical (unpaired) electrons. The molecule has 10 heterocycles. The average molecular weight is 1970 g/mol. The number of amides is 10. The number of anilines is 10. The summed E-state index contributed by atoms with van der Waals surface area (Å²) in [5, 5.41) is 0. The van der Waals surface area contributed by atoms with Crippen LogP contribution in [-0.2, 0) is 84.8 Å². The molecule has 10 aromatic carbocycles. The van der Waals surface area contributed by atoms with Gasteiger partial charge in [0.1, 0.15) is 63.3 Å². The molecule has 736 valence electrons. The van der Waals surface area contributed by atoms with Crippen LogP contribution in [0.3, 0.4) is 0 Å². The van der Waals surface area contributed by atoms with Crippen molar-refractivity contribution in [2.24, 2.45) is 28.7 Å². The topological polar surface area (TPSA) is 558 Å². The van der Waals surface area contributed by atoms with E-state index < -0.39 is 29.5 Å². The molecular formula is C110H94N20O17. The van der Waals surface area contributed by atoms with Gasteiger partial charge in [-0.3, -0.25) is 72.4 Å². The van der Waals surface area contributed by atoms with Crippen LogP contribution in [-0.4, -0.2) is 134 Å². The maximum absolute atomic E-state index is 12.8. The Hall–Kier alpha value is -19.8. The molecule has 0 bridgehead atoms. The number of carbonyl (C=O) groups excluding carboxylic acids is 16. The molecule has 0 atom stereocenters. The standard InChI is InChI=1S/C23H22N4O3.4C21H18N4O2.3CO2/c1-3-12-30-17-10-6-15(7-11-17)22-25-20(21(24)29)18-13-19(28)27(23(18)26-22)16-8-4-14(2)5-9-16;2*1-12-3-7-14(8-4-12)20-23-18(19(22)27)16-11-17(26)25(21(16)24-20)15-9-5-13(2)6-10-15;2*1-12-7-9-14(10-8-12)20-23-18(19(22)27)15-11-17(26)25(21(15)24-20)16-6-4-3-5-13(16)2;3*2-1-3/h4-11H,3,12-13H2,1-2H3,(H2,24,29);4*3-10H,11H2,1-2H3,(H2,22,27);;;. The summed E-state index contributed by atoms with van der Waals surface area (Å²) in [6.45, 7) is 20.4. The number of nitrogens with zero attached hydrogens (tertiary/aromatic N) is 15. The SMILES string of the molecule is CCCOc1ccc(-c2nc(C(N)=O)c3c(n2)N(c2ccc(C)cc2)C(=O)C3)cc1.Cc1ccc(-c2nc(C(N)=O)c3c(n2)N(c2ccc(C)cc2)C(=O)C3)cc1.Cc1ccc(-c2nc(C(N)=O)c3c(n2)N(c2ccc(C)cc2)C(=O)C3)cc1.Cc1ccc(-c2nc(C(N)=O)c3c(n2)N(c2ccccc2C)C(=O)C3)cc1.Cc1ccc(-c2nc(C(N)=O)c3c(n2)N(c2ccccc2C)C(=O)C3)cc1.O=C=O.O=C=O.O=C=O. The third-order valence-electron chi connectivity index (χ3n) is 23.5. The number of primary amides is 5. The molecule has 5 aliphatic heterocycles. The Kier molecular flexibility index (Phi) is 33.1. The van der Waals surface area contributed by atoms with Gasteiger partial charge in [-0.15, -0.1) is 0 Å². The summed E-state index contributed by atoms with van der Waals surface area (Å²) >= 11 is 0. The summed E-state index contributed by atoms with van der Waals surface area (Å²) in [5.41, 5.74) is 47.5. The molecule has 20 rings (SSSR count). The molecule has 0 saturated carbocycles. The Labute approximate surface area is 841 Å². The first-order valence-corrected chi connectivity index (χ1v) is 45.5. The van der Waals surface area contributed by atoms with Gasteiger partial charge in [-0.05, 0) is 153 Å². The molecule has 147 heavy (non-hydrogen) atoms. The van der Waals surface area contributed by atoms with E-state index in [1.807, 2.05) is 312 Å². The molecule has 0 spiro atoms. The van der Waals surface area contributed by atoms with Crippen molar-refractivity contribution in [3.63, 3.8) is 0 Å². The van der Waals surface area contributed by atoms with E-state index in [0.29, 0.717) is 115 Å². The molecule has 0 aliphatic carbocycles. The number of para-hydroxylation sites is 2. The van der Waals surface area contributed by atoms with Gasteiger partial charge in [0.25, 0.3) is 29.5 Å². The van der Waals surface area contributed by atoms with E-state index in [0.717, 1.165) is 95.9 Å². The van der Waals surface area contributed by atoms with E-state index in [4.69, 9.17) is 62.2 Å². The van der Waals surface area contributed by atoms with Crippen LogP contribution in [0.2, 0.25) is 0 Å². The number of rotatable bonds is 18. The second-order valence-corrected chi connectivity index (χ2v) is 34.0. The first-order chi connectivity index (χ1) is 70.5. The summed E-state index contributed by atoms with van der Waals surface area (Å²) in [7, 11) is 0. The van der Waals surface area contributed by atoms with Crippen LogP contribution in [0.1, 0.15) is 144 Å². The Bertz CT molecular complexity index is 7390. The van der Waals surface area contributed by atoms with E-state index in [1.54, 1.807) is 9.80 Å². The first kappa shape index (κ1) is 105. The second kappa shape index (κ2) is 46.6. The highest BCUT2D eigenvalue weighted by Crippen LogP contribution is 2.44. The van der Waals surface area contributed by atoms with Gasteiger partial charge in [0, 0.05) is 55.6 Å². The summed E-state index contributed by atoms with van der Waals surface area (Å²) in [6.07, 6.45) is 1.91. The molecule has 37 nitrogen and oxygen atoms in total. The van der Waals surface area contributed by atoms with Crippen molar-refractivity contribution < 1.29 is 81.4 Å². The molecular weight excluding hydrogens is 1870 g/mol. The maximum atomic E-state index is 12.8. The van der Waals surface area contributed by atoms with E-state index in [9.17, 15) is 47.9 Å². The molecule has 37 heteroatoms. The molecule has 10 N–H and O–H groups in total. The lowest BCUT2D eigenvalue weighted by Crippen LogP contribution is -2.22. The Morgan fingerprint density at radius 1 is 0.265 bits per heavy atom. The number of aromatic nitrogens is 10. The molecule has 5 aromatic heterocycles. The fourth-order valence-electron chi connectivity index (χ4n) is 16.2. The number of aryl methyl sites for hydroxylation is 9. The average Bonchev–Trinajstić information content (AvgIpc) is 1.63. The molecule has 15 aromatic rings. The van der Waals surface area contributed by atoms with Crippen molar-refractivity contribution in [3.05, 3.63) is 349 Å². The van der Waals surface area contributed by atoms with Crippen molar-refractivity contribution in [2.45, 2.75) is 108 Å².